The van der Waals surface area contributed by atoms with Crippen LogP contribution in [-0.4, -0.2) is 34.3 Å². The van der Waals surface area contributed by atoms with Crippen molar-refractivity contribution >= 4 is 23.4 Å². The quantitative estimate of drug-likeness (QED) is 0.756. The average Bonchev–Trinajstić information content (AvgIpc) is 3.18. The summed E-state index contributed by atoms with van der Waals surface area (Å²) in [5.74, 6) is 2.44. The summed E-state index contributed by atoms with van der Waals surface area (Å²) < 4.78 is 36.1. The Bertz CT molecular complexity index is 449. The third kappa shape index (κ3) is 5.07. The van der Waals surface area contributed by atoms with Gasteiger partial charge in [0, 0.05) is 30.8 Å². The van der Waals surface area contributed by atoms with E-state index in [2.05, 4.69) is 20.6 Å². The van der Waals surface area contributed by atoms with E-state index in [0.717, 1.165) is 31.0 Å². The predicted octanol–water partition coefficient (Wildman–Crippen LogP) is 3.45. The standard InChI is InChI=1S/C12H17F3N4S/c1-2-16-9-7-10(17-5-6-20-12(13,14)15)19-11(18-9)8-3-4-8/h7-8H,2-6H2,1H3,(H2,16,17,18,19). The second-order valence-corrected chi connectivity index (χ2v) is 5.68. The van der Waals surface area contributed by atoms with E-state index in [1.165, 1.54) is 0 Å². The Kier molecular flexibility index (Phi) is 4.95. The zero-order valence-electron chi connectivity index (χ0n) is 11.1. The van der Waals surface area contributed by atoms with Crippen LogP contribution in [0.5, 0.6) is 0 Å². The van der Waals surface area contributed by atoms with Crippen LogP contribution in [0, 0.1) is 0 Å². The average molecular weight is 306 g/mol. The number of nitrogens with one attached hydrogen (secondary N) is 2. The topological polar surface area (TPSA) is 49.8 Å². The molecule has 0 aliphatic heterocycles. The molecule has 1 aromatic rings. The summed E-state index contributed by atoms with van der Waals surface area (Å²) in [6.07, 6.45) is 2.16. The molecule has 0 unspecified atom stereocenters. The minimum atomic E-state index is -4.18. The number of hydrogen-bond acceptors (Lipinski definition) is 5. The third-order valence-corrected chi connectivity index (χ3v) is 3.45. The predicted molar refractivity (Wildman–Crippen MR) is 75.2 cm³/mol. The van der Waals surface area contributed by atoms with Gasteiger partial charge in [-0.2, -0.15) is 13.2 Å². The van der Waals surface area contributed by atoms with Crippen LogP contribution in [0.3, 0.4) is 0 Å². The summed E-state index contributed by atoms with van der Waals surface area (Å²) in [5, 5.41) is 6.04. The van der Waals surface area contributed by atoms with Crippen molar-refractivity contribution in [3.05, 3.63) is 11.9 Å². The fraction of sp³-hybridized carbons (Fsp3) is 0.667. The van der Waals surface area contributed by atoms with E-state index in [-0.39, 0.29) is 24.1 Å². The normalized spacial score (nSPS) is 15.2. The molecular weight excluding hydrogens is 289 g/mol. The second kappa shape index (κ2) is 6.51. The van der Waals surface area contributed by atoms with Gasteiger partial charge >= 0.3 is 5.51 Å². The smallest absolute Gasteiger partial charge is 0.370 e. The van der Waals surface area contributed by atoms with Crippen LogP contribution in [0.4, 0.5) is 24.8 Å². The molecule has 112 valence electrons. The number of hydrogen-bond donors (Lipinski definition) is 2. The van der Waals surface area contributed by atoms with Gasteiger partial charge in [0.05, 0.1) is 0 Å². The van der Waals surface area contributed by atoms with Gasteiger partial charge in [0.25, 0.3) is 0 Å². The molecule has 1 aromatic heterocycles. The van der Waals surface area contributed by atoms with E-state index in [4.69, 9.17) is 0 Å². The molecule has 4 nitrogen and oxygen atoms in total. The van der Waals surface area contributed by atoms with Crippen molar-refractivity contribution in [2.75, 3.05) is 29.5 Å². The highest BCUT2D eigenvalue weighted by atomic mass is 32.2. The van der Waals surface area contributed by atoms with E-state index >= 15 is 0 Å². The third-order valence-electron chi connectivity index (χ3n) is 2.72. The first kappa shape index (κ1) is 15.2. The molecule has 1 aliphatic carbocycles. The maximum absolute atomic E-state index is 12.0. The summed E-state index contributed by atoms with van der Waals surface area (Å²) >= 11 is -0.0314. The number of alkyl halides is 3. The first-order valence-corrected chi connectivity index (χ1v) is 7.54. The van der Waals surface area contributed by atoms with Gasteiger partial charge in [-0.15, -0.1) is 0 Å². The molecular formula is C12H17F3N4S. The maximum Gasteiger partial charge on any atom is 0.441 e. The molecule has 0 atom stereocenters. The Morgan fingerprint density at radius 2 is 1.90 bits per heavy atom. The fourth-order valence-corrected chi connectivity index (χ4v) is 2.13. The molecule has 2 N–H and O–H groups in total. The van der Waals surface area contributed by atoms with Crippen LogP contribution in [0.25, 0.3) is 0 Å². The molecule has 0 radical (unpaired) electrons. The molecule has 1 aliphatic rings. The molecule has 0 bridgehead atoms. The van der Waals surface area contributed by atoms with Gasteiger partial charge in [0.2, 0.25) is 0 Å². The van der Waals surface area contributed by atoms with Gasteiger partial charge in [0.15, 0.2) is 0 Å². The van der Waals surface area contributed by atoms with Gasteiger partial charge < -0.3 is 10.6 Å². The van der Waals surface area contributed by atoms with E-state index in [0.29, 0.717) is 11.7 Å². The highest BCUT2D eigenvalue weighted by Gasteiger charge is 2.28. The minimum absolute atomic E-state index is 0.0314. The van der Waals surface area contributed by atoms with E-state index < -0.39 is 5.51 Å². The van der Waals surface area contributed by atoms with Gasteiger partial charge in [-0.1, -0.05) is 0 Å². The molecule has 1 heterocycles. The van der Waals surface area contributed by atoms with Crippen molar-refractivity contribution in [3.8, 4) is 0 Å². The Morgan fingerprint density at radius 3 is 2.45 bits per heavy atom. The lowest BCUT2D eigenvalue weighted by atomic mass is 10.3. The SMILES string of the molecule is CCNc1cc(NCCSC(F)(F)F)nc(C2CC2)n1. The van der Waals surface area contributed by atoms with E-state index in [9.17, 15) is 13.2 Å². The van der Waals surface area contributed by atoms with Crippen LogP contribution < -0.4 is 10.6 Å². The maximum atomic E-state index is 12.0. The minimum Gasteiger partial charge on any atom is -0.370 e. The van der Waals surface area contributed by atoms with Crippen molar-refractivity contribution in [2.45, 2.75) is 31.2 Å². The number of halogens is 3. The van der Waals surface area contributed by atoms with Gasteiger partial charge in [0.1, 0.15) is 17.5 Å². The van der Waals surface area contributed by atoms with Crippen molar-refractivity contribution in [3.63, 3.8) is 0 Å². The highest BCUT2D eigenvalue weighted by molar-refractivity contribution is 8.00. The monoisotopic (exact) mass is 306 g/mol. The van der Waals surface area contributed by atoms with Crippen LogP contribution in [-0.2, 0) is 0 Å². The summed E-state index contributed by atoms with van der Waals surface area (Å²) in [5.41, 5.74) is -4.18. The van der Waals surface area contributed by atoms with Gasteiger partial charge in [-0.05, 0) is 31.5 Å². The number of nitrogens with zero attached hydrogens (tertiary/aromatic N) is 2. The van der Waals surface area contributed by atoms with E-state index in [1.807, 2.05) is 6.92 Å². The van der Waals surface area contributed by atoms with Crippen molar-refractivity contribution in [1.29, 1.82) is 0 Å². The van der Waals surface area contributed by atoms with Crippen LogP contribution >= 0.6 is 11.8 Å². The Hall–Kier alpha value is -1.18. The Balaban J connectivity index is 1.92. The number of anilines is 2. The summed E-state index contributed by atoms with van der Waals surface area (Å²) in [6, 6.07) is 1.73. The summed E-state index contributed by atoms with van der Waals surface area (Å²) in [6.45, 7) is 2.92. The first-order chi connectivity index (χ1) is 9.48. The zero-order chi connectivity index (χ0) is 14.6. The van der Waals surface area contributed by atoms with Gasteiger partial charge in [-0.25, -0.2) is 9.97 Å². The van der Waals surface area contributed by atoms with Crippen molar-refractivity contribution in [2.24, 2.45) is 0 Å². The fourth-order valence-electron chi connectivity index (χ4n) is 1.70. The molecule has 0 amide bonds. The number of rotatable bonds is 7. The molecule has 20 heavy (non-hydrogen) atoms. The molecule has 8 heteroatoms. The van der Waals surface area contributed by atoms with Crippen LogP contribution in [0.15, 0.2) is 6.07 Å². The Morgan fingerprint density at radius 1 is 1.25 bits per heavy atom. The molecule has 1 saturated carbocycles. The van der Waals surface area contributed by atoms with E-state index in [1.54, 1.807) is 6.07 Å². The summed E-state index contributed by atoms with van der Waals surface area (Å²) in [7, 11) is 0. The lowest BCUT2D eigenvalue weighted by molar-refractivity contribution is -0.0327. The first-order valence-electron chi connectivity index (χ1n) is 6.55. The molecule has 0 aromatic carbocycles. The molecule has 0 saturated heterocycles. The zero-order valence-corrected chi connectivity index (χ0v) is 11.9. The van der Waals surface area contributed by atoms with Crippen molar-refractivity contribution in [1.82, 2.24) is 9.97 Å². The van der Waals surface area contributed by atoms with Crippen LogP contribution in [0.1, 0.15) is 31.5 Å². The molecule has 2 rings (SSSR count). The number of aromatic nitrogens is 2. The van der Waals surface area contributed by atoms with Crippen LogP contribution in [0.2, 0.25) is 0 Å². The number of thioether (sulfide) groups is 1. The molecule has 0 spiro atoms. The highest BCUT2D eigenvalue weighted by Crippen LogP contribution is 2.38. The largest absolute Gasteiger partial charge is 0.441 e. The summed E-state index contributed by atoms with van der Waals surface area (Å²) in [4.78, 5) is 8.76. The Labute approximate surface area is 120 Å². The molecule has 1 fully saturated rings. The lowest BCUT2D eigenvalue weighted by Gasteiger charge is -2.11. The lowest BCUT2D eigenvalue weighted by Crippen LogP contribution is -2.12. The van der Waals surface area contributed by atoms with Gasteiger partial charge in [-0.3, -0.25) is 0 Å². The second-order valence-electron chi connectivity index (χ2n) is 4.52. The van der Waals surface area contributed by atoms with Crippen molar-refractivity contribution < 1.29 is 13.2 Å².